The number of ether oxygens (including phenoxy) is 3. The van der Waals surface area contributed by atoms with E-state index in [9.17, 15) is 84.2 Å². The molecule has 2 rings (SSSR count). The second-order valence-corrected chi connectivity index (χ2v) is 20.5. The van der Waals surface area contributed by atoms with Gasteiger partial charge in [-0.1, -0.05) is 58.1 Å². The molecular weight excluding hydrogens is 1010 g/mol. The van der Waals surface area contributed by atoms with Gasteiger partial charge in [0.2, 0.25) is 0 Å². The summed E-state index contributed by atoms with van der Waals surface area (Å²) in [5.74, 6) is -60.0. The summed E-state index contributed by atoms with van der Waals surface area (Å²) in [7, 11) is -2.86. The molecule has 29 heteroatoms. The lowest BCUT2D eigenvalue weighted by molar-refractivity contribution is -0.461. The molecule has 2 aromatic rings. The van der Waals surface area contributed by atoms with Crippen LogP contribution in [0.5, 0.6) is 5.75 Å². The van der Waals surface area contributed by atoms with Gasteiger partial charge in [0.25, 0.3) is 5.91 Å². The number of hydroxylamine groups is 1. The Morgan fingerprint density at radius 1 is 0.710 bits per heavy atom. The van der Waals surface area contributed by atoms with Crippen molar-refractivity contribution in [3.8, 4) is 5.75 Å². The zero-order valence-corrected chi connectivity index (χ0v) is 37.3. The number of alkyl halides is 17. The monoisotopic (exact) mass is 1050 g/mol. The Morgan fingerprint density at radius 3 is 1.71 bits per heavy atom. The van der Waals surface area contributed by atoms with Crippen molar-refractivity contribution >= 4 is 26.0 Å². The van der Waals surface area contributed by atoms with Gasteiger partial charge in [0.1, 0.15) is 30.1 Å². The van der Waals surface area contributed by atoms with Gasteiger partial charge in [-0.25, -0.2) is 19.1 Å². The molecule has 0 aliphatic rings. The van der Waals surface area contributed by atoms with Crippen LogP contribution in [0.2, 0.25) is 17.1 Å². The Balaban J connectivity index is 2.34. The lowest BCUT2D eigenvalue weighted by atomic mass is 9.88. The second-order valence-electron chi connectivity index (χ2n) is 15.5. The summed E-state index contributed by atoms with van der Waals surface area (Å²) < 4.78 is 286. The molecule has 0 unspecified atom stereocenters. The van der Waals surface area contributed by atoms with Crippen LogP contribution in [0.15, 0.2) is 66.8 Å². The Hall–Kier alpha value is -4.77. The predicted octanol–water partition coefficient (Wildman–Crippen LogP) is 12.8. The highest BCUT2D eigenvalue weighted by Gasteiger charge is 2.95. The van der Waals surface area contributed by atoms with Gasteiger partial charge < -0.3 is 18.6 Å². The van der Waals surface area contributed by atoms with E-state index in [2.05, 4.69) is 5.32 Å². The van der Waals surface area contributed by atoms with Crippen LogP contribution < -0.4 is 15.5 Å². The van der Waals surface area contributed by atoms with Crippen LogP contribution in [0.25, 0.3) is 0 Å². The number of hydrogen-bond acceptors (Lipinski definition) is 7. The van der Waals surface area contributed by atoms with E-state index in [1.54, 1.807) is 0 Å². The van der Waals surface area contributed by atoms with E-state index in [4.69, 9.17) is 23.8 Å². The normalized spacial score (nSPS) is 15.0. The van der Waals surface area contributed by atoms with E-state index >= 15 is 8.78 Å². The van der Waals surface area contributed by atoms with Crippen molar-refractivity contribution in [3.05, 3.63) is 84.0 Å². The van der Waals surface area contributed by atoms with Gasteiger partial charge in [-0.05, 0) is 53.4 Å². The standard InChI is InChI=1S/C40H43F19N2O7Si/c1-22(2)69(23(3)4,20-17-33(43,44)34(45,46)35(47,48)36(49,50)37(51,52)38(53,54)39(55,56)40(57,58)59)67-19-18-66-26-14-11-24(12-15-26)31(29(65-5)9-7-6-8-10-30(62)61-64)68-32(63)60-28-16-13-25(41)21-27(28)42/h6-8,10-16,21-23,29,31,64H,9,17-20H2,1-5H3,(H,60,63)(H,61,62)/b7-6+,10-8+/t29-,31-/m0/s1. The molecule has 0 bridgehead atoms. The van der Waals surface area contributed by atoms with E-state index < -0.39 is 134 Å². The molecule has 0 fully saturated rings. The number of hydrogen-bond donors (Lipinski definition) is 3. The van der Waals surface area contributed by atoms with Crippen molar-refractivity contribution in [2.75, 3.05) is 25.6 Å². The highest BCUT2D eigenvalue weighted by Crippen LogP contribution is 2.64. The number of amides is 2. The van der Waals surface area contributed by atoms with Crippen LogP contribution in [0.3, 0.4) is 0 Å². The van der Waals surface area contributed by atoms with Gasteiger partial charge in [-0.15, -0.1) is 0 Å². The number of allylic oxidation sites excluding steroid dienone is 2. The van der Waals surface area contributed by atoms with Gasteiger partial charge in [-0.3, -0.25) is 15.3 Å². The van der Waals surface area contributed by atoms with E-state index in [-0.39, 0.29) is 17.7 Å². The molecule has 0 saturated carbocycles. The number of nitrogens with one attached hydrogen (secondary N) is 2. The number of carbonyl (C=O) groups is 2. The maximum absolute atomic E-state index is 15.0. The molecular formula is C40H43F19N2O7Si. The molecule has 69 heavy (non-hydrogen) atoms. The minimum absolute atomic E-state index is 0.00571. The van der Waals surface area contributed by atoms with Crippen molar-refractivity contribution in [2.24, 2.45) is 0 Å². The summed E-state index contributed by atoms with van der Waals surface area (Å²) in [6.07, 6.45) is -9.09. The number of methoxy groups -OCH3 is 1. The van der Waals surface area contributed by atoms with E-state index in [0.29, 0.717) is 6.07 Å². The van der Waals surface area contributed by atoms with Crippen LogP contribution in [0.1, 0.15) is 52.2 Å². The van der Waals surface area contributed by atoms with Crippen LogP contribution in [0, 0.1) is 11.6 Å². The van der Waals surface area contributed by atoms with Gasteiger partial charge in [0.05, 0.1) is 12.3 Å². The van der Waals surface area contributed by atoms with Crippen LogP contribution in [-0.2, 0) is 18.7 Å². The molecule has 3 N–H and O–H groups in total. The Labute approximate surface area is 381 Å². The van der Waals surface area contributed by atoms with Crippen molar-refractivity contribution in [1.29, 1.82) is 0 Å². The largest absolute Gasteiger partial charge is 0.491 e. The van der Waals surface area contributed by atoms with Crippen molar-refractivity contribution < 1.29 is 117 Å². The summed E-state index contributed by atoms with van der Waals surface area (Å²) in [5.41, 5.74) is -0.800. The van der Waals surface area contributed by atoms with Gasteiger partial charge >= 0.3 is 53.7 Å². The average Bonchev–Trinajstić information content (AvgIpc) is 3.24. The Morgan fingerprint density at radius 2 is 1.23 bits per heavy atom. The quantitative estimate of drug-likeness (QED) is 0.0173. The second kappa shape index (κ2) is 22.5. The Kier molecular flexibility index (Phi) is 19.7. The molecule has 0 radical (unpaired) electrons. The Bertz CT molecular complexity index is 2080. The first-order valence-electron chi connectivity index (χ1n) is 19.7. The van der Waals surface area contributed by atoms with E-state index in [0.717, 1.165) is 18.2 Å². The minimum Gasteiger partial charge on any atom is -0.491 e. The first-order chi connectivity index (χ1) is 31.4. The van der Waals surface area contributed by atoms with Crippen molar-refractivity contribution in [3.63, 3.8) is 0 Å². The fourth-order valence-corrected chi connectivity index (χ4v) is 11.0. The van der Waals surface area contributed by atoms with Crippen LogP contribution in [-0.4, -0.2) is 99.6 Å². The SMILES string of the molecule is CO[C@@H](C/C=C/C=C/C(=O)NO)[C@@H](OC(=O)Nc1ccc(F)cc1F)c1ccc(OCCO[Si](CCC(F)(F)C(F)(F)C(F)(F)C(F)(F)C(F)(F)C(F)(F)C(F)(F)C(F)(F)F)(C(C)C)C(C)C)cc1. The van der Waals surface area contributed by atoms with E-state index in [1.807, 2.05) is 0 Å². The molecule has 392 valence electrons. The lowest BCUT2D eigenvalue weighted by Gasteiger charge is -2.44. The average molecular weight is 1050 g/mol. The van der Waals surface area contributed by atoms with E-state index in [1.165, 1.54) is 82.8 Å². The fraction of sp³-hybridized carbons (Fsp3) is 0.550. The number of halogens is 19. The third kappa shape index (κ3) is 12.8. The minimum atomic E-state index is -8.73. The molecule has 0 spiro atoms. The number of benzene rings is 2. The highest BCUT2D eigenvalue weighted by atomic mass is 28.4. The lowest BCUT2D eigenvalue weighted by Crippen LogP contribution is -2.74. The van der Waals surface area contributed by atoms with Crippen molar-refractivity contribution in [2.45, 2.75) is 118 Å². The highest BCUT2D eigenvalue weighted by molar-refractivity contribution is 6.76. The third-order valence-corrected chi connectivity index (χ3v) is 16.2. The molecule has 0 heterocycles. The van der Waals surface area contributed by atoms with Gasteiger partial charge in [0, 0.05) is 25.7 Å². The summed E-state index contributed by atoms with van der Waals surface area (Å²) >= 11 is 0. The van der Waals surface area contributed by atoms with Crippen LogP contribution >= 0.6 is 0 Å². The third-order valence-electron chi connectivity index (χ3n) is 10.5. The smallest absolute Gasteiger partial charge is 0.460 e. The summed E-state index contributed by atoms with van der Waals surface area (Å²) in [5, 5.41) is 10.7. The predicted molar refractivity (Wildman–Crippen MR) is 207 cm³/mol. The van der Waals surface area contributed by atoms with Crippen molar-refractivity contribution in [1.82, 2.24) is 5.48 Å². The van der Waals surface area contributed by atoms with Gasteiger partial charge in [0.15, 0.2) is 14.4 Å². The first kappa shape index (κ1) is 60.3. The zero-order chi connectivity index (χ0) is 53.4. The summed E-state index contributed by atoms with van der Waals surface area (Å²) in [6.45, 7) is 4.00. The molecule has 0 aliphatic heterocycles. The maximum atomic E-state index is 15.0. The topological polar surface area (TPSA) is 115 Å². The molecule has 0 aliphatic carbocycles. The molecule has 2 aromatic carbocycles. The first-order valence-corrected chi connectivity index (χ1v) is 21.9. The van der Waals surface area contributed by atoms with Crippen LogP contribution in [0.4, 0.5) is 93.9 Å². The number of rotatable bonds is 25. The molecule has 0 aromatic heterocycles. The summed E-state index contributed by atoms with van der Waals surface area (Å²) in [6, 6.07) is 6.06. The molecule has 2 atom stereocenters. The number of carbonyl (C=O) groups excluding carboxylic acids is 2. The molecule has 2 amide bonds. The zero-order valence-electron chi connectivity index (χ0n) is 36.3. The summed E-state index contributed by atoms with van der Waals surface area (Å²) in [4.78, 5) is 24.1. The number of anilines is 1. The maximum Gasteiger partial charge on any atom is 0.460 e. The fourth-order valence-electron chi connectivity index (χ4n) is 6.52. The van der Waals surface area contributed by atoms with Gasteiger partial charge in [-0.2, -0.15) is 74.6 Å². The molecule has 0 saturated heterocycles. The molecule has 9 nitrogen and oxygen atoms in total.